The second kappa shape index (κ2) is 15.9. The van der Waals surface area contributed by atoms with E-state index in [2.05, 4.69) is 16.0 Å². The van der Waals surface area contributed by atoms with Gasteiger partial charge in [0.25, 0.3) is 0 Å². The maximum absolute atomic E-state index is 13.1. The van der Waals surface area contributed by atoms with Crippen LogP contribution in [0.1, 0.15) is 37.7 Å². The second-order valence-electron chi connectivity index (χ2n) is 8.37. The molecule has 0 saturated heterocycles. The van der Waals surface area contributed by atoms with Crippen LogP contribution >= 0.6 is 0 Å². The number of benzene rings is 1. The molecule has 4 unspecified atom stereocenters. The number of nitrogens with two attached hydrogens (primary N) is 3. The third-order valence-electron chi connectivity index (χ3n) is 5.25. The van der Waals surface area contributed by atoms with E-state index in [9.17, 15) is 39.0 Å². The normalized spacial score (nSPS) is 13.9. The van der Waals surface area contributed by atoms with Crippen molar-refractivity contribution >= 4 is 35.6 Å². The first-order chi connectivity index (χ1) is 17.4. The maximum Gasteiger partial charge on any atom is 0.326 e. The Kier molecular flexibility index (Phi) is 13.3. The second-order valence-corrected chi connectivity index (χ2v) is 8.37. The van der Waals surface area contributed by atoms with Crippen LogP contribution in [0.2, 0.25) is 0 Å². The molecule has 14 nitrogen and oxygen atoms in total. The van der Waals surface area contributed by atoms with Crippen molar-refractivity contribution in [1.29, 1.82) is 0 Å². The van der Waals surface area contributed by atoms with Gasteiger partial charge in [0.05, 0.1) is 18.9 Å². The average Bonchev–Trinajstić information content (AvgIpc) is 2.82. The molecule has 204 valence electrons. The number of unbranched alkanes of at least 4 members (excludes halogenated alkanes) is 1. The van der Waals surface area contributed by atoms with Crippen LogP contribution in [0, 0.1) is 0 Å². The maximum atomic E-state index is 13.1. The topological polar surface area (TPSA) is 257 Å². The number of hydrogen-bond donors (Lipinski definition) is 8. The summed E-state index contributed by atoms with van der Waals surface area (Å²) >= 11 is 0. The van der Waals surface area contributed by atoms with Gasteiger partial charge in [-0.15, -0.1) is 0 Å². The minimum Gasteiger partial charge on any atom is -0.481 e. The molecule has 4 atom stereocenters. The summed E-state index contributed by atoms with van der Waals surface area (Å²) in [6, 6.07) is 2.87. The minimum absolute atomic E-state index is 0.0520. The first-order valence-corrected chi connectivity index (χ1v) is 11.6. The summed E-state index contributed by atoms with van der Waals surface area (Å²) < 4.78 is 0. The molecule has 0 saturated carbocycles. The highest BCUT2D eigenvalue weighted by atomic mass is 16.4. The number of rotatable bonds is 17. The number of primary amides is 1. The van der Waals surface area contributed by atoms with Gasteiger partial charge < -0.3 is 43.4 Å². The number of hydrogen-bond acceptors (Lipinski definition) is 8. The summed E-state index contributed by atoms with van der Waals surface area (Å²) in [4.78, 5) is 72.3. The van der Waals surface area contributed by atoms with Gasteiger partial charge in [-0.1, -0.05) is 30.3 Å². The van der Waals surface area contributed by atoms with E-state index in [1.807, 2.05) is 0 Å². The summed E-state index contributed by atoms with van der Waals surface area (Å²) in [5.74, 6) is -6.39. The lowest BCUT2D eigenvalue weighted by Gasteiger charge is -2.24. The van der Waals surface area contributed by atoms with E-state index in [-0.39, 0.29) is 12.8 Å². The molecule has 1 rings (SSSR count). The van der Waals surface area contributed by atoms with Crippen molar-refractivity contribution in [3.63, 3.8) is 0 Å². The fourth-order valence-corrected chi connectivity index (χ4v) is 3.33. The molecule has 14 heteroatoms. The van der Waals surface area contributed by atoms with Gasteiger partial charge in [0.1, 0.15) is 18.1 Å². The highest BCUT2D eigenvalue weighted by Gasteiger charge is 2.31. The van der Waals surface area contributed by atoms with E-state index in [1.54, 1.807) is 30.3 Å². The van der Waals surface area contributed by atoms with Crippen LogP contribution in [0.3, 0.4) is 0 Å². The van der Waals surface area contributed by atoms with E-state index < -0.39 is 72.6 Å². The molecule has 11 N–H and O–H groups in total. The van der Waals surface area contributed by atoms with Crippen LogP contribution < -0.4 is 33.2 Å². The standard InChI is InChI=1S/C23H34N6O8/c24-9-5-4-8-15(23(36)37)27-22(35)17(12-19(31)32)29-21(34)16(10-13-6-2-1-3-7-13)28-20(33)14(25)11-18(26)30/h1-3,6-7,14-17H,4-5,8-12,24-25H2,(H2,26,30)(H,27,35)(H,28,33)(H,29,34)(H,31,32)(H,36,37). The van der Waals surface area contributed by atoms with E-state index in [1.165, 1.54) is 0 Å². The summed E-state index contributed by atoms with van der Waals surface area (Å²) in [6.45, 7) is 0.329. The van der Waals surface area contributed by atoms with Gasteiger partial charge in [0.2, 0.25) is 23.6 Å². The first-order valence-electron chi connectivity index (χ1n) is 11.6. The molecule has 37 heavy (non-hydrogen) atoms. The van der Waals surface area contributed by atoms with Crippen molar-refractivity contribution in [3.05, 3.63) is 35.9 Å². The van der Waals surface area contributed by atoms with Crippen molar-refractivity contribution in [1.82, 2.24) is 16.0 Å². The number of carbonyl (C=O) groups is 6. The molecule has 0 fully saturated rings. The molecular weight excluding hydrogens is 488 g/mol. The van der Waals surface area contributed by atoms with Crippen LogP contribution in [0.25, 0.3) is 0 Å². The summed E-state index contributed by atoms with van der Waals surface area (Å²) in [7, 11) is 0. The van der Waals surface area contributed by atoms with Gasteiger partial charge >= 0.3 is 11.9 Å². The zero-order valence-electron chi connectivity index (χ0n) is 20.2. The molecule has 0 radical (unpaired) electrons. The number of amides is 4. The number of nitrogens with one attached hydrogen (secondary N) is 3. The fraction of sp³-hybridized carbons (Fsp3) is 0.478. The molecule has 0 aliphatic rings. The van der Waals surface area contributed by atoms with Crippen LogP contribution in [-0.2, 0) is 35.2 Å². The van der Waals surface area contributed by atoms with Gasteiger partial charge in [0.15, 0.2) is 0 Å². The molecule has 0 aliphatic carbocycles. The van der Waals surface area contributed by atoms with E-state index in [4.69, 9.17) is 17.2 Å². The van der Waals surface area contributed by atoms with Crippen LogP contribution in [0.15, 0.2) is 30.3 Å². The molecule has 4 amide bonds. The largest absolute Gasteiger partial charge is 0.481 e. The van der Waals surface area contributed by atoms with Crippen molar-refractivity contribution in [2.45, 2.75) is 62.7 Å². The molecule has 0 aromatic heterocycles. The van der Waals surface area contributed by atoms with E-state index >= 15 is 0 Å². The molecule has 0 aliphatic heterocycles. The Morgan fingerprint density at radius 1 is 0.784 bits per heavy atom. The Balaban J connectivity index is 3.08. The molecule has 0 heterocycles. The Morgan fingerprint density at radius 3 is 1.89 bits per heavy atom. The predicted molar refractivity (Wildman–Crippen MR) is 131 cm³/mol. The number of carboxylic acids is 2. The average molecular weight is 523 g/mol. The first kappa shape index (κ1) is 31.0. The Labute approximate surface area is 213 Å². The zero-order chi connectivity index (χ0) is 28.0. The number of carboxylic acid groups (broad SMARTS) is 2. The van der Waals surface area contributed by atoms with Crippen molar-refractivity contribution in [3.8, 4) is 0 Å². The Bertz CT molecular complexity index is 958. The molecule has 0 spiro atoms. The van der Waals surface area contributed by atoms with Crippen LogP contribution in [0.5, 0.6) is 0 Å². The summed E-state index contributed by atoms with van der Waals surface area (Å²) in [5.41, 5.74) is 16.7. The molecular formula is C23H34N6O8. The number of aliphatic carboxylic acids is 2. The van der Waals surface area contributed by atoms with Gasteiger partial charge in [-0.3, -0.25) is 24.0 Å². The number of carbonyl (C=O) groups excluding carboxylic acids is 4. The SMILES string of the molecule is NCCCCC(NC(=O)C(CC(=O)O)NC(=O)C(Cc1ccccc1)NC(=O)C(N)CC(N)=O)C(=O)O. The highest BCUT2D eigenvalue weighted by Crippen LogP contribution is 2.07. The fourth-order valence-electron chi connectivity index (χ4n) is 3.33. The van der Waals surface area contributed by atoms with Gasteiger partial charge in [-0.25, -0.2) is 4.79 Å². The third-order valence-corrected chi connectivity index (χ3v) is 5.25. The van der Waals surface area contributed by atoms with Crippen LogP contribution in [-0.4, -0.2) is 76.5 Å². The smallest absolute Gasteiger partial charge is 0.326 e. The van der Waals surface area contributed by atoms with Crippen molar-refractivity contribution in [2.24, 2.45) is 17.2 Å². The van der Waals surface area contributed by atoms with E-state index in [0.717, 1.165) is 0 Å². The Morgan fingerprint density at radius 2 is 1.35 bits per heavy atom. The third kappa shape index (κ3) is 12.0. The van der Waals surface area contributed by atoms with E-state index in [0.29, 0.717) is 24.9 Å². The summed E-state index contributed by atoms with van der Waals surface area (Å²) in [6.07, 6.45) is -0.402. The van der Waals surface area contributed by atoms with Gasteiger partial charge in [-0.2, -0.15) is 0 Å². The predicted octanol–water partition coefficient (Wildman–Crippen LogP) is -2.43. The molecule has 1 aromatic carbocycles. The molecule has 1 aromatic rings. The highest BCUT2D eigenvalue weighted by molar-refractivity contribution is 5.96. The molecule has 0 bridgehead atoms. The summed E-state index contributed by atoms with van der Waals surface area (Å²) in [5, 5.41) is 25.5. The lowest BCUT2D eigenvalue weighted by atomic mass is 10.0. The van der Waals surface area contributed by atoms with Crippen molar-refractivity contribution in [2.75, 3.05) is 6.54 Å². The van der Waals surface area contributed by atoms with Crippen LogP contribution in [0.4, 0.5) is 0 Å². The lowest BCUT2D eigenvalue weighted by molar-refractivity contribution is -0.143. The zero-order valence-corrected chi connectivity index (χ0v) is 20.2. The Hall–Kier alpha value is -4.04. The van der Waals surface area contributed by atoms with Gasteiger partial charge in [0, 0.05) is 6.42 Å². The monoisotopic (exact) mass is 522 g/mol. The lowest BCUT2D eigenvalue weighted by Crippen LogP contribution is -2.58. The van der Waals surface area contributed by atoms with Gasteiger partial charge in [-0.05, 0) is 31.4 Å². The van der Waals surface area contributed by atoms with Crippen molar-refractivity contribution < 1.29 is 39.0 Å². The quantitative estimate of drug-likeness (QED) is 0.100. The minimum atomic E-state index is -1.64.